The molecule has 30 heavy (non-hydrogen) atoms. The van der Waals surface area contributed by atoms with Crippen LogP contribution in [0.3, 0.4) is 0 Å². The molecule has 3 rings (SSSR count). The number of halogens is 1. The Hall–Kier alpha value is -3.92. The Morgan fingerprint density at radius 3 is 2.60 bits per heavy atom. The maximum Gasteiger partial charge on any atom is 0.335 e. The van der Waals surface area contributed by atoms with Gasteiger partial charge in [-0.25, -0.2) is 9.69 Å². The van der Waals surface area contributed by atoms with Crippen LogP contribution in [0.15, 0.2) is 42.0 Å². The molecular formula is C19H14ClN3O7. The van der Waals surface area contributed by atoms with Crippen molar-refractivity contribution in [2.24, 2.45) is 0 Å². The minimum Gasteiger partial charge on any atom is -0.500 e. The number of benzene rings is 2. The lowest BCUT2D eigenvalue weighted by Gasteiger charge is -2.27. The first-order valence-electron chi connectivity index (χ1n) is 8.54. The Kier molecular flexibility index (Phi) is 5.70. The van der Waals surface area contributed by atoms with Gasteiger partial charge >= 0.3 is 11.7 Å². The summed E-state index contributed by atoms with van der Waals surface area (Å²) in [5.41, 5.74) is -1.03. The summed E-state index contributed by atoms with van der Waals surface area (Å²) in [5, 5.41) is 23.3. The van der Waals surface area contributed by atoms with E-state index >= 15 is 0 Å². The van der Waals surface area contributed by atoms with Crippen LogP contribution in [0.1, 0.15) is 12.5 Å². The Labute approximate surface area is 174 Å². The number of rotatable bonds is 5. The summed E-state index contributed by atoms with van der Waals surface area (Å²) in [7, 11) is 0. The van der Waals surface area contributed by atoms with E-state index in [4.69, 9.17) is 16.3 Å². The highest BCUT2D eigenvalue weighted by molar-refractivity contribution is 6.42. The molecule has 2 N–H and O–H groups in total. The quantitative estimate of drug-likeness (QED) is 0.321. The van der Waals surface area contributed by atoms with Crippen molar-refractivity contribution in [2.75, 3.05) is 11.5 Å². The monoisotopic (exact) mass is 431 g/mol. The highest BCUT2D eigenvalue weighted by Crippen LogP contribution is 2.38. The maximum absolute atomic E-state index is 12.9. The molecule has 0 spiro atoms. The van der Waals surface area contributed by atoms with Crippen LogP contribution in [0, 0.1) is 10.1 Å². The minimum absolute atomic E-state index is 0.0370. The second-order valence-electron chi connectivity index (χ2n) is 5.99. The second-order valence-corrected chi connectivity index (χ2v) is 6.39. The van der Waals surface area contributed by atoms with Crippen molar-refractivity contribution in [3.8, 4) is 11.5 Å². The van der Waals surface area contributed by atoms with Crippen LogP contribution in [0.25, 0.3) is 6.08 Å². The van der Waals surface area contributed by atoms with E-state index in [-0.39, 0.29) is 28.6 Å². The molecule has 0 unspecified atom stereocenters. The molecule has 2 aromatic rings. The molecular weight excluding hydrogens is 418 g/mol. The molecule has 0 radical (unpaired) electrons. The smallest absolute Gasteiger partial charge is 0.335 e. The van der Waals surface area contributed by atoms with Crippen molar-refractivity contribution in [3.05, 3.63) is 62.7 Å². The van der Waals surface area contributed by atoms with E-state index < -0.39 is 39.8 Å². The summed E-state index contributed by atoms with van der Waals surface area (Å²) < 4.78 is 5.18. The predicted molar refractivity (Wildman–Crippen MR) is 106 cm³/mol. The van der Waals surface area contributed by atoms with E-state index in [0.29, 0.717) is 4.90 Å². The summed E-state index contributed by atoms with van der Waals surface area (Å²) in [6.07, 6.45) is 1.06. The molecule has 1 aliphatic rings. The number of phenols is 1. The first kappa shape index (κ1) is 20.8. The number of phenolic OH excluding ortho intramolecular Hbond substituents is 1. The van der Waals surface area contributed by atoms with Crippen LogP contribution in [0.2, 0.25) is 5.02 Å². The highest BCUT2D eigenvalue weighted by Gasteiger charge is 2.37. The average Bonchev–Trinajstić information content (AvgIpc) is 2.68. The summed E-state index contributed by atoms with van der Waals surface area (Å²) in [6.45, 7) is 1.72. The molecule has 0 aromatic heterocycles. The van der Waals surface area contributed by atoms with Gasteiger partial charge in [0.2, 0.25) is 5.75 Å². The van der Waals surface area contributed by atoms with Gasteiger partial charge in [0.25, 0.3) is 11.8 Å². The lowest BCUT2D eigenvalue weighted by Crippen LogP contribution is -2.54. The number of nitrogens with one attached hydrogen (secondary N) is 1. The zero-order valence-corrected chi connectivity index (χ0v) is 16.2. The predicted octanol–water partition coefficient (Wildman–Crippen LogP) is 3.02. The number of hydrogen-bond acceptors (Lipinski definition) is 7. The summed E-state index contributed by atoms with van der Waals surface area (Å²) >= 11 is 6.06. The molecule has 154 valence electrons. The number of barbiturate groups is 1. The molecule has 0 bridgehead atoms. The largest absolute Gasteiger partial charge is 0.500 e. The Morgan fingerprint density at radius 1 is 1.27 bits per heavy atom. The fourth-order valence-corrected chi connectivity index (χ4v) is 3.00. The minimum atomic E-state index is -0.984. The Bertz CT molecular complexity index is 1110. The third kappa shape index (κ3) is 3.80. The van der Waals surface area contributed by atoms with Crippen LogP contribution in [0.5, 0.6) is 11.5 Å². The molecule has 1 saturated heterocycles. The molecule has 1 heterocycles. The first-order valence-corrected chi connectivity index (χ1v) is 8.92. The number of amides is 4. The van der Waals surface area contributed by atoms with Crippen molar-refractivity contribution in [1.82, 2.24) is 5.32 Å². The number of nitrogens with zero attached hydrogens (tertiary/aromatic N) is 2. The van der Waals surface area contributed by atoms with Gasteiger partial charge in [0.15, 0.2) is 5.75 Å². The van der Waals surface area contributed by atoms with Crippen molar-refractivity contribution < 1.29 is 29.2 Å². The standard InChI is InChI=1S/C19H14ClN3O7/c1-2-30-15-9-10(8-14(16(15)24)23(28)29)7-11-17(25)21-19(27)22(18(11)26)13-6-4-3-5-12(13)20/h3-9,24H,2H2,1H3,(H,21,25,27)/b11-7-. The second kappa shape index (κ2) is 8.21. The van der Waals surface area contributed by atoms with Crippen LogP contribution in [-0.4, -0.2) is 34.5 Å². The van der Waals surface area contributed by atoms with E-state index in [0.717, 1.165) is 12.1 Å². The zero-order chi connectivity index (χ0) is 22.0. The summed E-state index contributed by atoms with van der Waals surface area (Å²) in [5.74, 6) is -2.83. The molecule has 2 aromatic carbocycles. The first-order chi connectivity index (χ1) is 14.2. The molecule has 1 aliphatic heterocycles. The van der Waals surface area contributed by atoms with Gasteiger partial charge in [0.05, 0.1) is 22.2 Å². The topological polar surface area (TPSA) is 139 Å². The number of nitro groups is 1. The van der Waals surface area contributed by atoms with E-state index in [1.165, 1.54) is 18.2 Å². The molecule has 4 amide bonds. The van der Waals surface area contributed by atoms with Gasteiger partial charge in [-0.3, -0.25) is 25.0 Å². The number of carbonyl (C=O) groups is 3. The van der Waals surface area contributed by atoms with Gasteiger partial charge in [-0.2, -0.15) is 0 Å². The number of para-hydroxylation sites is 1. The van der Waals surface area contributed by atoms with Crippen LogP contribution >= 0.6 is 11.6 Å². The maximum atomic E-state index is 12.9. The van der Waals surface area contributed by atoms with Crippen molar-refractivity contribution in [1.29, 1.82) is 0 Å². The number of carbonyl (C=O) groups excluding carboxylic acids is 3. The van der Waals surface area contributed by atoms with Crippen LogP contribution < -0.4 is 15.0 Å². The van der Waals surface area contributed by atoms with Gasteiger partial charge in [0, 0.05) is 6.07 Å². The van der Waals surface area contributed by atoms with Gasteiger partial charge in [-0.1, -0.05) is 23.7 Å². The van der Waals surface area contributed by atoms with Gasteiger partial charge in [-0.15, -0.1) is 0 Å². The fraction of sp³-hybridized carbons (Fsp3) is 0.105. The number of imide groups is 2. The third-order valence-corrected chi connectivity index (χ3v) is 4.40. The van der Waals surface area contributed by atoms with Crippen molar-refractivity contribution in [3.63, 3.8) is 0 Å². The lowest BCUT2D eigenvalue weighted by atomic mass is 10.1. The number of hydrogen-bond donors (Lipinski definition) is 2. The van der Waals surface area contributed by atoms with Crippen LogP contribution in [-0.2, 0) is 9.59 Å². The number of urea groups is 1. The summed E-state index contributed by atoms with van der Waals surface area (Å²) in [6, 6.07) is 7.27. The molecule has 1 fully saturated rings. The van der Waals surface area contributed by atoms with Gasteiger partial charge in [-0.05, 0) is 36.8 Å². The number of aromatic hydroxyl groups is 1. The molecule has 10 nitrogen and oxygen atoms in total. The zero-order valence-electron chi connectivity index (χ0n) is 15.4. The Morgan fingerprint density at radius 2 is 1.97 bits per heavy atom. The highest BCUT2D eigenvalue weighted by atomic mass is 35.5. The number of ether oxygens (including phenoxy) is 1. The molecule has 0 aliphatic carbocycles. The van der Waals surface area contributed by atoms with Crippen molar-refractivity contribution in [2.45, 2.75) is 6.92 Å². The van der Waals surface area contributed by atoms with E-state index in [2.05, 4.69) is 0 Å². The normalized spacial score (nSPS) is 15.3. The Balaban J connectivity index is 2.11. The molecule has 0 saturated carbocycles. The molecule has 11 heteroatoms. The van der Waals surface area contributed by atoms with E-state index in [1.807, 2.05) is 5.32 Å². The lowest BCUT2D eigenvalue weighted by molar-refractivity contribution is -0.386. The van der Waals surface area contributed by atoms with E-state index in [9.17, 15) is 29.6 Å². The fourth-order valence-electron chi connectivity index (χ4n) is 2.78. The summed E-state index contributed by atoms with van der Waals surface area (Å²) in [4.78, 5) is 48.5. The number of nitro benzene ring substituents is 1. The van der Waals surface area contributed by atoms with Gasteiger partial charge < -0.3 is 9.84 Å². The average molecular weight is 432 g/mol. The van der Waals surface area contributed by atoms with Crippen molar-refractivity contribution >= 4 is 46.9 Å². The van der Waals surface area contributed by atoms with Gasteiger partial charge in [0.1, 0.15) is 5.57 Å². The third-order valence-electron chi connectivity index (χ3n) is 4.08. The number of anilines is 1. The van der Waals surface area contributed by atoms with E-state index in [1.54, 1.807) is 19.1 Å². The van der Waals surface area contributed by atoms with Crippen LogP contribution in [0.4, 0.5) is 16.2 Å². The SMILES string of the molecule is CCOc1cc(/C=C2/C(=O)NC(=O)N(c3ccccc3Cl)C2=O)cc([N+](=O)[O-])c1O. The molecule has 0 atom stereocenters.